The van der Waals surface area contributed by atoms with Gasteiger partial charge >= 0.3 is 0 Å². The standard InChI is InChI=1S/C18H16FNO4/c19-12-4-1-3-11(7-12)15-8-13(21)9-20(15)18(22)14-5-2-6-16-17(14)24-10-23-16/h1-7,13,15,21H,8-10H2/t13-,15+/m0/s1. The first-order chi connectivity index (χ1) is 11.6. The van der Waals surface area contributed by atoms with Crippen molar-refractivity contribution in [2.24, 2.45) is 0 Å². The zero-order valence-electron chi connectivity index (χ0n) is 12.8. The van der Waals surface area contributed by atoms with Crippen molar-refractivity contribution >= 4 is 5.91 Å². The molecule has 0 unspecified atom stereocenters. The number of amides is 1. The van der Waals surface area contributed by atoms with E-state index < -0.39 is 6.10 Å². The Bertz CT molecular complexity index is 794. The lowest BCUT2D eigenvalue weighted by Gasteiger charge is -2.25. The minimum absolute atomic E-state index is 0.0789. The highest BCUT2D eigenvalue weighted by atomic mass is 19.1. The summed E-state index contributed by atoms with van der Waals surface area (Å²) < 4.78 is 24.3. The monoisotopic (exact) mass is 329 g/mol. The van der Waals surface area contributed by atoms with Crippen molar-refractivity contribution in [3.05, 3.63) is 59.4 Å². The summed E-state index contributed by atoms with van der Waals surface area (Å²) in [6, 6.07) is 10.9. The number of aliphatic hydroxyl groups is 1. The largest absolute Gasteiger partial charge is 0.454 e. The number of para-hydroxylation sites is 1. The van der Waals surface area contributed by atoms with E-state index in [1.165, 1.54) is 12.1 Å². The van der Waals surface area contributed by atoms with Gasteiger partial charge < -0.3 is 19.5 Å². The normalized spacial score (nSPS) is 22.0. The first-order valence-corrected chi connectivity index (χ1v) is 7.76. The van der Waals surface area contributed by atoms with Crippen molar-refractivity contribution in [1.29, 1.82) is 0 Å². The van der Waals surface area contributed by atoms with Crippen LogP contribution in [-0.4, -0.2) is 35.4 Å². The Morgan fingerprint density at radius 2 is 2.04 bits per heavy atom. The van der Waals surface area contributed by atoms with Crippen LogP contribution in [0.2, 0.25) is 0 Å². The van der Waals surface area contributed by atoms with Crippen molar-refractivity contribution in [2.45, 2.75) is 18.6 Å². The van der Waals surface area contributed by atoms with E-state index >= 15 is 0 Å². The van der Waals surface area contributed by atoms with Gasteiger partial charge in [0.15, 0.2) is 11.5 Å². The third-order valence-electron chi connectivity index (χ3n) is 4.40. The maximum absolute atomic E-state index is 13.5. The highest BCUT2D eigenvalue weighted by Crippen LogP contribution is 2.39. The highest BCUT2D eigenvalue weighted by Gasteiger charge is 2.37. The van der Waals surface area contributed by atoms with Crippen molar-refractivity contribution in [3.8, 4) is 11.5 Å². The number of carbonyl (C=O) groups is 1. The van der Waals surface area contributed by atoms with Crippen LogP contribution in [0.5, 0.6) is 11.5 Å². The molecule has 2 aliphatic rings. The molecule has 0 saturated carbocycles. The average Bonchev–Trinajstić information content (AvgIpc) is 3.20. The zero-order valence-corrected chi connectivity index (χ0v) is 12.8. The van der Waals surface area contributed by atoms with Gasteiger partial charge in [-0.25, -0.2) is 4.39 Å². The van der Waals surface area contributed by atoms with Crippen LogP contribution < -0.4 is 9.47 Å². The smallest absolute Gasteiger partial charge is 0.258 e. The molecule has 0 spiro atoms. The SMILES string of the molecule is O=C(c1cccc2c1OCO2)N1C[C@@H](O)C[C@@H]1c1cccc(F)c1. The molecule has 1 N–H and O–H groups in total. The molecule has 2 heterocycles. The lowest BCUT2D eigenvalue weighted by atomic mass is 10.0. The van der Waals surface area contributed by atoms with Crippen molar-refractivity contribution < 1.29 is 23.8 Å². The number of likely N-dealkylation sites (tertiary alicyclic amines) is 1. The molecule has 0 bridgehead atoms. The Morgan fingerprint density at radius 1 is 1.21 bits per heavy atom. The van der Waals surface area contributed by atoms with E-state index in [0.717, 1.165) is 0 Å². The third kappa shape index (κ3) is 2.49. The number of halogens is 1. The fourth-order valence-electron chi connectivity index (χ4n) is 3.32. The van der Waals surface area contributed by atoms with Crippen molar-refractivity contribution in [3.63, 3.8) is 0 Å². The fourth-order valence-corrected chi connectivity index (χ4v) is 3.32. The van der Waals surface area contributed by atoms with Gasteiger partial charge in [0, 0.05) is 6.54 Å². The Kier molecular flexibility index (Phi) is 3.61. The second-order valence-electron chi connectivity index (χ2n) is 5.96. The molecular weight excluding hydrogens is 313 g/mol. The Morgan fingerprint density at radius 3 is 2.88 bits per heavy atom. The number of fused-ring (bicyclic) bond motifs is 1. The van der Waals surface area contributed by atoms with Crippen LogP contribution >= 0.6 is 0 Å². The Hall–Kier alpha value is -2.60. The predicted molar refractivity (Wildman–Crippen MR) is 83.4 cm³/mol. The summed E-state index contributed by atoms with van der Waals surface area (Å²) >= 11 is 0. The molecule has 0 aliphatic carbocycles. The summed E-state index contributed by atoms with van der Waals surface area (Å²) in [6.45, 7) is 0.278. The molecular formula is C18H16FNO4. The van der Waals surface area contributed by atoms with Crippen molar-refractivity contribution in [1.82, 2.24) is 4.90 Å². The highest BCUT2D eigenvalue weighted by molar-refractivity contribution is 5.98. The molecule has 4 rings (SSSR count). The third-order valence-corrected chi connectivity index (χ3v) is 4.40. The van der Waals surface area contributed by atoms with Gasteiger partial charge in [0.1, 0.15) is 5.82 Å². The maximum Gasteiger partial charge on any atom is 0.258 e. The van der Waals surface area contributed by atoms with Crippen LogP contribution in [0.4, 0.5) is 4.39 Å². The van der Waals surface area contributed by atoms with Crippen LogP contribution in [0.25, 0.3) is 0 Å². The number of hydrogen-bond acceptors (Lipinski definition) is 4. The molecule has 124 valence electrons. The summed E-state index contributed by atoms with van der Waals surface area (Å²) in [5.41, 5.74) is 1.06. The number of hydrogen-bond donors (Lipinski definition) is 1. The number of rotatable bonds is 2. The number of ether oxygens (including phenoxy) is 2. The van der Waals surface area contributed by atoms with E-state index in [4.69, 9.17) is 9.47 Å². The molecule has 24 heavy (non-hydrogen) atoms. The topological polar surface area (TPSA) is 59.0 Å². The zero-order chi connectivity index (χ0) is 16.7. The molecule has 6 heteroatoms. The molecule has 1 fully saturated rings. The lowest BCUT2D eigenvalue weighted by molar-refractivity contribution is 0.0711. The van der Waals surface area contributed by atoms with Gasteiger partial charge in [-0.05, 0) is 36.2 Å². The summed E-state index contributed by atoms with van der Waals surface area (Å²) in [7, 11) is 0. The van der Waals surface area contributed by atoms with Crippen LogP contribution in [0.3, 0.4) is 0 Å². The number of nitrogens with zero attached hydrogens (tertiary/aromatic N) is 1. The minimum atomic E-state index is -0.642. The fraction of sp³-hybridized carbons (Fsp3) is 0.278. The first kappa shape index (κ1) is 15.0. The summed E-state index contributed by atoms with van der Waals surface area (Å²) in [5, 5.41) is 10.0. The summed E-state index contributed by atoms with van der Waals surface area (Å²) in [6.07, 6.45) is -0.266. The van der Waals surface area contributed by atoms with E-state index in [1.807, 2.05) is 0 Å². The Labute approximate surface area is 138 Å². The van der Waals surface area contributed by atoms with Gasteiger partial charge in [-0.1, -0.05) is 18.2 Å². The molecule has 2 atom stereocenters. The molecule has 2 aromatic carbocycles. The lowest BCUT2D eigenvalue weighted by Crippen LogP contribution is -2.32. The van der Waals surface area contributed by atoms with Gasteiger partial charge in [-0.2, -0.15) is 0 Å². The van der Waals surface area contributed by atoms with E-state index in [2.05, 4.69) is 0 Å². The number of aliphatic hydroxyl groups excluding tert-OH is 1. The summed E-state index contributed by atoms with van der Waals surface area (Å²) in [4.78, 5) is 14.6. The van der Waals surface area contributed by atoms with Gasteiger partial charge in [0.2, 0.25) is 6.79 Å². The van der Waals surface area contributed by atoms with Gasteiger partial charge in [-0.3, -0.25) is 4.79 Å². The number of carbonyl (C=O) groups excluding carboxylic acids is 1. The predicted octanol–water partition coefficient (Wildman–Crippen LogP) is 2.50. The molecule has 1 saturated heterocycles. The second kappa shape index (κ2) is 5.79. The van der Waals surface area contributed by atoms with E-state index in [9.17, 15) is 14.3 Å². The van der Waals surface area contributed by atoms with Crippen LogP contribution in [-0.2, 0) is 0 Å². The van der Waals surface area contributed by atoms with Gasteiger partial charge in [-0.15, -0.1) is 0 Å². The van der Waals surface area contributed by atoms with E-state index in [-0.39, 0.29) is 31.1 Å². The van der Waals surface area contributed by atoms with Crippen LogP contribution in [0.1, 0.15) is 28.4 Å². The van der Waals surface area contributed by atoms with E-state index in [1.54, 1.807) is 35.2 Å². The quantitative estimate of drug-likeness (QED) is 0.920. The first-order valence-electron chi connectivity index (χ1n) is 7.76. The number of benzene rings is 2. The van der Waals surface area contributed by atoms with E-state index in [0.29, 0.717) is 29.0 Å². The number of β-amino-alcohol motifs (C(OH)–C–C–N with tert-alkyl or cyclic N) is 1. The minimum Gasteiger partial charge on any atom is -0.454 e. The van der Waals surface area contributed by atoms with Crippen LogP contribution in [0.15, 0.2) is 42.5 Å². The maximum atomic E-state index is 13.5. The average molecular weight is 329 g/mol. The molecule has 2 aromatic rings. The molecule has 5 nitrogen and oxygen atoms in total. The van der Waals surface area contributed by atoms with Crippen molar-refractivity contribution in [2.75, 3.05) is 13.3 Å². The van der Waals surface area contributed by atoms with Gasteiger partial charge in [0.25, 0.3) is 5.91 Å². The Balaban J connectivity index is 1.69. The molecule has 0 radical (unpaired) electrons. The van der Waals surface area contributed by atoms with Crippen LogP contribution in [0, 0.1) is 5.82 Å². The molecule has 0 aromatic heterocycles. The summed E-state index contributed by atoms with van der Waals surface area (Å²) in [5.74, 6) is 0.326. The molecule has 1 amide bonds. The second-order valence-corrected chi connectivity index (χ2v) is 5.96. The molecule has 2 aliphatic heterocycles. The van der Waals surface area contributed by atoms with Gasteiger partial charge in [0.05, 0.1) is 17.7 Å².